The molecule has 2 nitrogen and oxygen atoms in total. The number of rotatable bonds is 14. The van der Waals surface area contributed by atoms with Crippen LogP contribution in [0.4, 0.5) is 0 Å². The molecule has 0 saturated carbocycles. The van der Waals surface area contributed by atoms with E-state index >= 15 is 0 Å². The lowest BCUT2D eigenvalue weighted by Crippen LogP contribution is -1.95. The first-order chi connectivity index (χ1) is 13.3. The average Bonchev–Trinajstić information content (AvgIpc) is 2.71. The molecule has 0 fully saturated rings. The molecule has 0 spiro atoms. The number of aliphatic hydroxyl groups is 1. The maximum Gasteiger partial charge on any atom is 0.0721 e. The van der Waals surface area contributed by atoms with Gasteiger partial charge in [0.25, 0.3) is 0 Å². The molecule has 0 radical (unpaired) electrons. The van der Waals surface area contributed by atoms with E-state index < -0.39 is 0 Å². The van der Waals surface area contributed by atoms with Gasteiger partial charge in [0, 0.05) is 0 Å². The first kappa shape index (κ1) is 21.7. The molecule has 0 unspecified atom stereocenters. The van der Waals surface area contributed by atoms with Gasteiger partial charge in [-0.3, -0.25) is 0 Å². The molecule has 0 aliphatic carbocycles. The number of benzene rings is 2. The Morgan fingerprint density at radius 3 is 1.56 bits per heavy atom. The molecule has 0 aliphatic rings. The SMILES string of the molecule is CCCCCCCCCCc1ccc(COCc2ccc(CO)cc2)cc1. The Morgan fingerprint density at radius 1 is 0.593 bits per heavy atom. The van der Waals surface area contributed by atoms with E-state index in [9.17, 15) is 0 Å². The maximum atomic E-state index is 9.06. The summed E-state index contributed by atoms with van der Waals surface area (Å²) in [6.07, 6.45) is 12.2. The summed E-state index contributed by atoms with van der Waals surface area (Å²) < 4.78 is 5.81. The quantitative estimate of drug-likeness (QED) is 0.382. The predicted octanol–water partition coefficient (Wildman–Crippen LogP) is 6.58. The van der Waals surface area contributed by atoms with E-state index in [1.165, 1.54) is 68.9 Å². The molecule has 2 aromatic carbocycles. The van der Waals surface area contributed by atoms with Gasteiger partial charge in [0.2, 0.25) is 0 Å². The van der Waals surface area contributed by atoms with E-state index in [0.29, 0.717) is 13.2 Å². The summed E-state index contributed by atoms with van der Waals surface area (Å²) in [6, 6.07) is 16.8. The molecule has 0 bridgehead atoms. The number of ether oxygens (including phenoxy) is 1. The van der Waals surface area contributed by atoms with Gasteiger partial charge < -0.3 is 9.84 Å². The van der Waals surface area contributed by atoms with E-state index in [4.69, 9.17) is 9.84 Å². The number of hydrogen-bond donors (Lipinski definition) is 1. The predicted molar refractivity (Wildman–Crippen MR) is 114 cm³/mol. The van der Waals surface area contributed by atoms with Crippen LogP contribution in [0.2, 0.25) is 0 Å². The molecule has 2 aromatic rings. The molecule has 0 saturated heterocycles. The lowest BCUT2D eigenvalue weighted by molar-refractivity contribution is 0.107. The van der Waals surface area contributed by atoms with Crippen molar-refractivity contribution < 1.29 is 9.84 Å². The molecule has 27 heavy (non-hydrogen) atoms. The molecular weight excluding hydrogens is 332 g/mol. The second-order valence-electron chi connectivity index (χ2n) is 7.51. The summed E-state index contributed by atoms with van der Waals surface area (Å²) in [5.74, 6) is 0. The van der Waals surface area contributed by atoms with Gasteiger partial charge >= 0.3 is 0 Å². The first-order valence-electron chi connectivity index (χ1n) is 10.7. The fourth-order valence-electron chi connectivity index (χ4n) is 3.29. The van der Waals surface area contributed by atoms with Crippen LogP contribution in [0.15, 0.2) is 48.5 Å². The van der Waals surface area contributed by atoms with Gasteiger partial charge in [-0.05, 0) is 35.1 Å². The average molecular weight is 369 g/mol. The molecule has 0 amide bonds. The molecule has 2 heteroatoms. The Kier molecular flexibility index (Phi) is 10.8. The summed E-state index contributed by atoms with van der Waals surface area (Å²) in [5, 5.41) is 9.06. The minimum Gasteiger partial charge on any atom is -0.392 e. The molecule has 148 valence electrons. The topological polar surface area (TPSA) is 29.5 Å². The van der Waals surface area contributed by atoms with Crippen LogP contribution in [0.5, 0.6) is 0 Å². The maximum absolute atomic E-state index is 9.06. The highest BCUT2D eigenvalue weighted by Crippen LogP contribution is 2.13. The van der Waals surface area contributed by atoms with Gasteiger partial charge in [-0.15, -0.1) is 0 Å². The Labute approximate surface area is 165 Å². The van der Waals surface area contributed by atoms with Crippen molar-refractivity contribution in [3.8, 4) is 0 Å². The lowest BCUT2D eigenvalue weighted by Gasteiger charge is -2.07. The standard InChI is InChI=1S/C25H36O2/c1-2-3-4-5-6-7-8-9-10-22-11-15-24(16-12-22)20-27-21-25-17-13-23(19-26)14-18-25/h11-18,26H,2-10,19-21H2,1H3. The monoisotopic (exact) mass is 368 g/mol. The third-order valence-electron chi connectivity index (χ3n) is 5.08. The molecule has 1 N–H and O–H groups in total. The van der Waals surface area contributed by atoms with Gasteiger partial charge in [0.15, 0.2) is 0 Å². The van der Waals surface area contributed by atoms with E-state index in [0.717, 1.165) is 11.1 Å². The molecule has 0 aromatic heterocycles. The Hall–Kier alpha value is -1.64. The summed E-state index contributed by atoms with van der Waals surface area (Å²) in [6.45, 7) is 3.60. The molecule has 0 aliphatic heterocycles. The van der Waals surface area contributed by atoms with Crippen LogP contribution in [0.25, 0.3) is 0 Å². The minimum atomic E-state index is 0.0897. The van der Waals surface area contributed by atoms with Crippen LogP contribution in [-0.2, 0) is 31.0 Å². The van der Waals surface area contributed by atoms with Gasteiger partial charge in [-0.2, -0.15) is 0 Å². The zero-order valence-electron chi connectivity index (χ0n) is 17.0. The van der Waals surface area contributed by atoms with Gasteiger partial charge in [-0.1, -0.05) is 100 Å². The van der Waals surface area contributed by atoms with Crippen LogP contribution < -0.4 is 0 Å². The highest BCUT2D eigenvalue weighted by Gasteiger charge is 1.99. The van der Waals surface area contributed by atoms with E-state index in [1.807, 2.05) is 24.3 Å². The van der Waals surface area contributed by atoms with Gasteiger partial charge in [0.05, 0.1) is 19.8 Å². The largest absolute Gasteiger partial charge is 0.392 e. The van der Waals surface area contributed by atoms with Crippen molar-refractivity contribution >= 4 is 0 Å². The highest BCUT2D eigenvalue weighted by atomic mass is 16.5. The van der Waals surface area contributed by atoms with Crippen LogP contribution in [0.1, 0.15) is 80.5 Å². The van der Waals surface area contributed by atoms with E-state index in [2.05, 4.69) is 31.2 Å². The zero-order chi connectivity index (χ0) is 19.2. The summed E-state index contributed by atoms with van der Waals surface area (Å²) >= 11 is 0. The van der Waals surface area contributed by atoms with Crippen LogP contribution >= 0.6 is 0 Å². The van der Waals surface area contributed by atoms with Crippen molar-refractivity contribution in [3.63, 3.8) is 0 Å². The van der Waals surface area contributed by atoms with Crippen molar-refractivity contribution in [2.75, 3.05) is 0 Å². The van der Waals surface area contributed by atoms with Crippen molar-refractivity contribution in [1.29, 1.82) is 0 Å². The minimum absolute atomic E-state index is 0.0897. The summed E-state index contributed by atoms with van der Waals surface area (Å²) in [5.41, 5.74) is 4.73. The van der Waals surface area contributed by atoms with Crippen LogP contribution in [0, 0.1) is 0 Å². The van der Waals surface area contributed by atoms with Crippen LogP contribution in [-0.4, -0.2) is 5.11 Å². The van der Waals surface area contributed by atoms with Crippen molar-refractivity contribution in [2.24, 2.45) is 0 Å². The van der Waals surface area contributed by atoms with Crippen molar-refractivity contribution in [1.82, 2.24) is 0 Å². The second kappa shape index (κ2) is 13.5. The van der Waals surface area contributed by atoms with E-state index in [-0.39, 0.29) is 6.61 Å². The molecular formula is C25H36O2. The summed E-state index contributed by atoms with van der Waals surface area (Å²) in [7, 11) is 0. The Balaban J connectivity index is 1.57. The van der Waals surface area contributed by atoms with Crippen molar-refractivity contribution in [3.05, 3.63) is 70.8 Å². The van der Waals surface area contributed by atoms with E-state index in [1.54, 1.807) is 0 Å². The number of hydrogen-bond acceptors (Lipinski definition) is 2. The van der Waals surface area contributed by atoms with Gasteiger partial charge in [-0.25, -0.2) is 0 Å². The number of unbranched alkanes of at least 4 members (excludes halogenated alkanes) is 7. The lowest BCUT2D eigenvalue weighted by atomic mass is 10.0. The fraction of sp³-hybridized carbons (Fsp3) is 0.520. The fourth-order valence-corrected chi connectivity index (χ4v) is 3.29. The van der Waals surface area contributed by atoms with Crippen molar-refractivity contribution in [2.45, 2.75) is 84.5 Å². The third kappa shape index (κ3) is 9.21. The Morgan fingerprint density at radius 2 is 1.04 bits per heavy atom. The zero-order valence-corrected chi connectivity index (χ0v) is 17.0. The second-order valence-corrected chi connectivity index (χ2v) is 7.51. The van der Waals surface area contributed by atoms with Crippen LogP contribution in [0.3, 0.4) is 0 Å². The third-order valence-corrected chi connectivity index (χ3v) is 5.08. The number of aryl methyl sites for hydroxylation is 1. The summed E-state index contributed by atoms with van der Waals surface area (Å²) in [4.78, 5) is 0. The molecule has 0 atom stereocenters. The highest BCUT2D eigenvalue weighted by molar-refractivity contribution is 5.23. The number of aliphatic hydroxyl groups excluding tert-OH is 1. The first-order valence-corrected chi connectivity index (χ1v) is 10.7. The molecule has 0 heterocycles. The normalized spacial score (nSPS) is 11.0. The smallest absolute Gasteiger partial charge is 0.0721 e. The Bertz CT molecular complexity index is 601. The molecule has 2 rings (SSSR count). The van der Waals surface area contributed by atoms with Gasteiger partial charge in [0.1, 0.15) is 0 Å².